The SMILES string of the molecule is CCNc1snc(N)c1-c1cccnc1. The second kappa shape index (κ2) is 4.27. The van der Waals surface area contributed by atoms with Crippen LogP contribution in [0.15, 0.2) is 24.5 Å². The number of hydrogen-bond donors (Lipinski definition) is 2. The Morgan fingerprint density at radius 2 is 2.40 bits per heavy atom. The van der Waals surface area contributed by atoms with Crippen molar-refractivity contribution in [3.63, 3.8) is 0 Å². The quantitative estimate of drug-likeness (QED) is 0.832. The number of hydrogen-bond acceptors (Lipinski definition) is 5. The molecule has 0 aliphatic carbocycles. The summed E-state index contributed by atoms with van der Waals surface area (Å²) < 4.78 is 4.14. The molecule has 15 heavy (non-hydrogen) atoms. The average Bonchev–Trinajstić information content (AvgIpc) is 2.62. The molecule has 0 saturated carbocycles. The fourth-order valence-electron chi connectivity index (χ4n) is 1.37. The van der Waals surface area contributed by atoms with Gasteiger partial charge >= 0.3 is 0 Å². The number of nitrogens with two attached hydrogens (primary N) is 1. The standard InChI is InChI=1S/C10H12N4S/c1-2-13-10-8(9(11)14-15-10)7-4-3-5-12-6-7/h3-6,13H,2H2,1H3,(H2,11,14). The Labute approximate surface area is 92.3 Å². The van der Waals surface area contributed by atoms with Gasteiger partial charge in [0.1, 0.15) is 10.8 Å². The van der Waals surface area contributed by atoms with Gasteiger partial charge < -0.3 is 11.1 Å². The van der Waals surface area contributed by atoms with Crippen molar-refractivity contribution in [1.29, 1.82) is 0 Å². The molecular weight excluding hydrogens is 208 g/mol. The van der Waals surface area contributed by atoms with Crippen LogP contribution in [0, 0.1) is 0 Å². The second-order valence-electron chi connectivity index (χ2n) is 3.04. The zero-order valence-corrected chi connectivity index (χ0v) is 9.21. The van der Waals surface area contributed by atoms with Crippen molar-refractivity contribution >= 4 is 22.4 Å². The number of nitrogens with one attached hydrogen (secondary N) is 1. The smallest absolute Gasteiger partial charge is 0.147 e. The molecule has 0 atom stereocenters. The Morgan fingerprint density at radius 1 is 1.53 bits per heavy atom. The summed E-state index contributed by atoms with van der Waals surface area (Å²) >= 11 is 1.38. The highest BCUT2D eigenvalue weighted by molar-refractivity contribution is 7.11. The summed E-state index contributed by atoms with van der Waals surface area (Å²) in [4.78, 5) is 4.08. The van der Waals surface area contributed by atoms with Crippen molar-refractivity contribution in [1.82, 2.24) is 9.36 Å². The third-order valence-corrected chi connectivity index (χ3v) is 2.83. The topological polar surface area (TPSA) is 63.8 Å². The van der Waals surface area contributed by atoms with Crippen LogP contribution in [-0.2, 0) is 0 Å². The zero-order chi connectivity index (χ0) is 10.7. The van der Waals surface area contributed by atoms with Crippen molar-refractivity contribution in [2.45, 2.75) is 6.92 Å². The summed E-state index contributed by atoms with van der Waals surface area (Å²) in [6.45, 7) is 2.90. The van der Waals surface area contributed by atoms with Crippen molar-refractivity contribution in [3.05, 3.63) is 24.5 Å². The lowest BCUT2D eigenvalue weighted by Crippen LogP contribution is -1.96. The van der Waals surface area contributed by atoms with Gasteiger partial charge in [0.15, 0.2) is 0 Å². The molecule has 0 bridgehead atoms. The van der Waals surface area contributed by atoms with E-state index in [4.69, 9.17) is 5.73 Å². The summed E-state index contributed by atoms with van der Waals surface area (Å²) in [5.74, 6) is 0.559. The molecule has 2 rings (SSSR count). The lowest BCUT2D eigenvalue weighted by atomic mass is 10.1. The molecule has 0 spiro atoms. The van der Waals surface area contributed by atoms with E-state index in [0.717, 1.165) is 22.7 Å². The summed E-state index contributed by atoms with van der Waals surface area (Å²) in [5, 5.41) is 4.25. The molecule has 0 aliphatic heterocycles. The van der Waals surface area contributed by atoms with Crippen molar-refractivity contribution < 1.29 is 0 Å². The summed E-state index contributed by atoms with van der Waals surface area (Å²) in [7, 11) is 0. The number of aromatic nitrogens is 2. The molecule has 0 fully saturated rings. The largest absolute Gasteiger partial charge is 0.382 e. The molecule has 0 saturated heterocycles. The van der Waals surface area contributed by atoms with Gasteiger partial charge in [-0.15, -0.1) is 0 Å². The van der Waals surface area contributed by atoms with Crippen molar-refractivity contribution in [2.24, 2.45) is 0 Å². The van der Waals surface area contributed by atoms with Crippen LogP contribution in [0.4, 0.5) is 10.8 Å². The summed E-state index contributed by atoms with van der Waals surface area (Å²) in [6.07, 6.45) is 3.54. The lowest BCUT2D eigenvalue weighted by Gasteiger charge is -2.04. The maximum Gasteiger partial charge on any atom is 0.147 e. The van der Waals surface area contributed by atoms with Crippen LogP contribution < -0.4 is 11.1 Å². The van der Waals surface area contributed by atoms with Crippen LogP contribution in [-0.4, -0.2) is 15.9 Å². The molecule has 2 aromatic rings. The third-order valence-electron chi connectivity index (χ3n) is 2.01. The first kappa shape index (κ1) is 9.92. The monoisotopic (exact) mass is 220 g/mol. The summed E-state index contributed by atoms with van der Waals surface area (Å²) in [5.41, 5.74) is 7.79. The number of rotatable bonds is 3. The Balaban J connectivity index is 2.47. The van der Waals surface area contributed by atoms with E-state index in [9.17, 15) is 0 Å². The number of anilines is 2. The van der Waals surface area contributed by atoms with E-state index in [-0.39, 0.29) is 0 Å². The minimum atomic E-state index is 0.559. The zero-order valence-electron chi connectivity index (χ0n) is 8.40. The minimum Gasteiger partial charge on any atom is -0.382 e. The second-order valence-corrected chi connectivity index (χ2v) is 3.82. The van der Waals surface area contributed by atoms with Gasteiger partial charge in [-0.05, 0) is 24.5 Å². The molecule has 4 nitrogen and oxygen atoms in total. The number of nitrogen functional groups attached to an aromatic ring is 1. The molecule has 0 unspecified atom stereocenters. The van der Waals surface area contributed by atoms with E-state index < -0.39 is 0 Å². The van der Waals surface area contributed by atoms with E-state index >= 15 is 0 Å². The fourth-order valence-corrected chi connectivity index (χ4v) is 2.18. The Hall–Kier alpha value is -1.62. The van der Waals surface area contributed by atoms with Crippen LogP contribution in [0.5, 0.6) is 0 Å². The minimum absolute atomic E-state index is 0.559. The van der Waals surface area contributed by atoms with Crippen LogP contribution in [0.25, 0.3) is 11.1 Å². The van der Waals surface area contributed by atoms with Gasteiger partial charge in [0.05, 0.1) is 5.56 Å². The molecule has 2 heterocycles. The van der Waals surface area contributed by atoms with Crippen molar-refractivity contribution in [2.75, 3.05) is 17.6 Å². The molecule has 0 aromatic carbocycles. The molecule has 0 amide bonds. The Kier molecular flexibility index (Phi) is 2.82. The van der Waals surface area contributed by atoms with Gasteiger partial charge in [0.25, 0.3) is 0 Å². The molecule has 5 heteroatoms. The van der Waals surface area contributed by atoms with E-state index in [1.54, 1.807) is 12.4 Å². The molecule has 2 aromatic heterocycles. The van der Waals surface area contributed by atoms with Gasteiger partial charge in [-0.3, -0.25) is 4.98 Å². The highest BCUT2D eigenvalue weighted by Crippen LogP contribution is 2.35. The van der Waals surface area contributed by atoms with Crippen LogP contribution >= 0.6 is 11.5 Å². The molecule has 78 valence electrons. The van der Waals surface area contributed by atoms with E-state index in [1.165, 1.54) is 11.5 Å². The Bertz CT molecular complexity index is 438. The van der Waals surface area contributed by atoms with Crippen molar-refractivity contribution in [3.8, 4) is 11.1 Å². The predicted molar refractivity (Wildman–Crippen MR) is 63.9 cm³/mol. The summed E-state index contributed by atoms with van der Waals surface area (Å²) in [6, 6.07) is 3.87. The molecular formula is C10H12N4S. The van der Waals surface area contributed by atoms with E-state index in [0.29, 0.717) is 5.82 Å². The van der Waals surface area contributed by atoms with E-state index in [1.807, 2.05) is 19.1 Å². The highest BCUT2D eigenvalue weighted by atomic mass is 32.1. The maximum atomic E-state index is 5.84. The van der Waals surface area contributed by atoms with Gasteiger partial charge in [-0.2, -0.15) is 4.37 Å². The van der Waals surface area contributed by atoms with Gasteiger partial charge in [-0.25, -0.2) is 0 Å². The average molecular weight is 220 g/mol. The highest BCUT2D eigenvalue weighted by Gasteiger charge is 2.12. The first-order valence-corrected chi connectivity index (χ1v) is 5.49. The van der Waals surface area contributed by atoms with Gasteiger partial charge in [0, 0.05) is 24.5 Å². The molecule has 3 N–H and O–H groups in total. The van der Waals surface area contributed by atoms with Crippen LogP contribution in [0.2, 0.25) is 0 Å². The predicted octanol–water partition coefficient (Wildman–Crippen LogP) is 2.22. The third kappa shape index (κ3) is 1.92. The normalized spacial score (nSPS) is 10.2. The number of nitrogens with zero attached hydrogens (tertiary/aromatic N) is 2. The van der Waals surface area contributed by atoms with Crippen LogP contribution in [0.3, 0.4) is 0 Å². The maximum absolute atomic E-state index is 5.84. The molecule has 0 aliphatic rings. The van der Waals surface area contributed by atoms with Gasteiger partial charge in [-0.1, -0.05) is 6.07 Å². The lowest BCUT2D eigenvalue weighted by molar-refractivity contribution is 1.23. The first-order chi connectivity index (χ1) is 7.33. The van der Waals surface area contributed by atoms with Crippen LogP contribution in [0.1, 0.15) is 6.92 Å². The first-order valence-electron chi connectivity index (χ1n) is 4.72. The Morgan fingerprint density at radius 3 is 3.07 bits per heavy atom. The molecule has 0 radical (unpaired) electrons. The fraction of sp³-hybridized carbons (Fsp3) is 0.200. The number of pyridine rings is 1. The van der Waals surface area contributed by atoms with E-state index in [2.05, 4.69) is 14.7 Å². The van der Waals surface area contributed by atoms with Gasteiger partial charge in [0.2, 0.25) is 0 Å².